The molecule has 2 heterocycles. The highest BCUT2D eigenvalue weighted by molar-refractivity contribution is 7.99. The minimum Gasteiger partial charge on any atom is -0.485 e. The lowest BCUT2D eigenvalue weighted by atomic mass is 10.1. The fourth-order valence-electron chi connectivity index (χ4n) is 2.97. The average Bonchev–Trinajstić information content (AvgIpc) is 3.14. The topological polar surface area (TPSA) is 66.2 Å². The lowest BCUT2D eigenvalue weighted by molar-refractivity contribution is 0.0821. The molecule has 0 bridgehead atoms. The standard InChI is InChI=1S/C21H18FN3O3S/c1-2-10-25-20(19-12-27-17-8-3-4-9-18(17)28-19)23-24-21(25)29-13-16(26)14-6-5-7-15(22)11-14/h2-9,11,19H,1,10,12-13H2/t19-/m0/s1. The summed E-state index contributed by atoms with van der Waals surface area (Å²) < 4.78 is 27.0. The van der Waals surface area contributed by atoms with E-state index in [-0.39, 0.29) is 11.5 Å². The summed E-state index contributed by atoms with van der Waals surface area (Å²) in [7, 11) is 0. The van der Waals surface area contributed by atoms with Crippen molar-refractivity contribution in [2.75, 3.05) is 12.4 Å². The molecule has 2 aromatic carbocycles. The van der Waals surface area contributed by atoms with Gasteiger partial charge in [-0.1, -0.05) is 42.1 Å². The maximum atomic E-state index is 13.3. The number of ether oxygens (including phenoxy) is 2. The van der Waals surface area contributed by atoms with E-state index in [1.165, 1.54) is 30.0 Å². The first-order valence-corrected chi connectivity index (χ1v) is 9.98. The zero-order chi connectivity index (χ0) is 20.2. The molecule has 3 aromatic rings. The van der Waals surface area contributed by atoms with Gasteiger partial charge in [0.1, 0.15) is 12.4 Å². The van der Waals surface area contributed by atoms with E-state index in [4.69, 9.17) is 9.47 Å². The number of para-hydroxylation sites is 2. The summed E-state index contributed by atoms with van der Waals surface area (Å²) in [6, 6.07) is 13.1. The molecule has 1 atom stereocenters. The molecule has 0 fully saturated rings. The lowest BCUT2D eigenvalue weighted by Gasteiger charge is -2.26. The van der Waals surface area contributed by atoms with Gasteiger partial charge in [-0.05, 0) is 24.3 Å². The third kappa shape index (κ3) is 4.17. The van der Waals surface area contributed by atoms with Crippen LogP contribution in [-0.4, -0.2) is 32.9 Å². The van der Waals surface area contributed by atoms with Crippen LogP contribution in [0.3, 0.4) is 0 Å². The van der Waals surface area contributed by atoms with Crippen LogP contribution in [0.25, 0.3) is 0 Å². The Labute approximate surface area is 171 Å². The van der Waals surface area contributed by atoms with E-state index in [9.17, 15) is 9.18 Å². The second kappa shape index (κ2) is 8.48. The van der Waals surface area contributed by atoms with Crippen LogP contribution in [0.15, 0.2) is 66.3 Å². The number of hydrogen-bond donors (Lipinski definition) is 0. The first kappa shape index (κ1) is 19.2. The molecule has 0 saturated heterocycles. The maximum Gasteiger partial charge on any atom is 0.192 e. The molecule has 4 rings (SSSR count). The van der Waals surface area contributed by atoms with Gasteiger partial charge >= 0.3 is 0 Å². The summed E-state index contributed by atoms with van der Waals surface area (Å²) in [6.45, 7) is 4.55. The van der Waals surface area contributed by atoms with E-state index in [0.29, 0.717) is 41.2 Å². The molecule has 1 aliphatic rings. The van der Waals surface area contributed by atoms with Crippen LogP contribution < -0.4 is 9.47 Å². The molecule has 1 aromatic heterocycles. The van der Waals surface area contributed by atoms with Crippen LogP contribution in [0.2, 0.25) is 0 Å². The van der Waals surface area contributed by atoms with Gasteiger partial charge in [0.25, 0.3) is 0 Å². The smallest absolute Gasteiger partial charge is 0.192 e. The number of benzene rings is 2. The number of thioether (sulfide) groups is 1. The average molecular weight is 411 g/mol. The Morgan fingerprint density at radius 1 is 1.24 bits per heavy atom. The van der Waals surface area contributed by atoms with Crippen LogP contribution in [-0.2, 0) is 6.54 Å². The summed E-state index contributed by atoms with van der Waals surface area (Å²) >= 11 is 1.24. The number of ketones is 1. The van der Waals surface area contributed by atoms with Gasteiger partial charge < -0.3 is 9.47 Å². The third-order valence-electron chi connectivity index (χ3n) is 4.33. The monoisotopic (exact) mass is 411 g/mol. The number of nitrogens with zero attached hydrogens (tertiary/aromatic N) is 3. The summed E-state index contributed by atoms with van der Waals surface area (Å²) in [4.78, 5) is 12.4. The van der Waals surface area contributed by atoms with Crippen LogP contribution in [0.4, 0.5) is 4.39 Å². The van der Waals surface area contributed by atoms with Crippen molar-refractivity contribution in [3.05, 3.63) is 78.4 Å². The van der Waals surface area contributed by atoms with E-state index < -0.39 is 11.9 Å². The molecule has 1 aliphatic heterocycles. The predicted octanol–water partition coefficient (Wildman–Crippen LogP) is 4.09. The van der Waals surface area contributed by atoms with Crippen molar-refractivity contribution in [1.82, 2.24) is 14.8 Å². The molecule has 0 unspecified atom stereocenters. The second-order valence-electron chi connectivity index (χ2n) is 6.33. The molecule has 0 aliphatic carbocycles. The van der Waals surface area contributed by atoms with Crippen LogP contribution in [0.5, 0.6) is 11.5 Å². The van der Waals surface area contributed by atoms with Crippen molar-refractivity contribution in [3.63, 3.8) is 0 Å². The molecular weight excluding hydrogens is 393 g/mol. The molecule has 8 heteroatoms. The highest BCUT2D eigenvalue weighted by Gasteiger charge is 2.28. The number of fused-ring (bicyclic) bond motifs is 1. The minimum atomic E-state index is -0.437. The predicted molar refractivity (Wildman–Crippen MR) is 107 cm³/mol. The lowest BCUT2D eigenvalue weighted by Crippen LogP contribution is -2.25. The Kier molecular flexibility index (Phi) is 5.62. The Bertz CT molecular complexity index is 1050. The number of allylic oxidation sites excluding steroid dienone is 1. The normalized spacial score (nSPS) is 15.1. The van der Waals surface area contributed by atoms with Crippen LogP contribution >= 0.6 is 11.8 Å². The van der Waals surface area contributed by atoms with Crippen molar-refractivity contribution in [1.29, 1.82) is 0 Å². The molecule has 0 N–H and O–H groups in total. The molecular formula is C21H18FN3O3S. The maximum absolute atomic E-state index is 13.3. The highest BCUT2D eigenvalue weighted by Crippen LogP contribution is 2.36. The minimum absolute atomic E-state index is 0.115. The SMILES string of the molecule is C=CCn1c(SCC(=O)c2cccc(F)c2)nnc1[C@@H]1COc2ccccc2O1. The third-order valence-corrected chi connectivity index (χ3v) is 5.30. The van der Waals surface area contributed by atoms with E-state index >= 15 is 0 Å². The van der Waals surface area contributed by atoms with Gasteiger partial charge in [-0.25, -0.2) is 4.39 Å². The molecule has 6 nitrogen and oxygen atoms in total. The number of halogens is 1. The van der Waals surface area contributed by atoms with Gasteiger partial charge in [0, 0.05) is 12.1 Å². The zero-order valence-electron chi connectivity index (χ0n) is 15.5. The Morgan fingerprint density at radius 3 is 2.86 bits per heavy atom. The molecule has 148 valence electrons. The van der Waals surface area contributed by atoms with Gasteiger partial charge in [0.05, 0.1) is 5.75 Å². The Hall–Kier alpha value is -3.13. The van der Waals surface area contributed by atoms with E-state index in [2.05, 4.69) is 16.8 Å². The fourth-order valence-corrected chi connectivity index (χ4v) is 3.82. The van der Waals surface area contributed by atoms with Crippen molar-refractivity contribution < 1.29 is 18.7 Å². The number of aromatic nitrogens is 3. The first-order chi connectivity index (χ1) is 14.2. The summed E-state index contributed by atoms with van der Waals surface area (Å²) in [5, 5.41) is 9.04. The first-order valence-electron chi connectivity index (χ1n) is 8.99. The number of Topliss-reactive ketones (excluding diaryl/α,β-unsaturated/α-hetero) is 1. The summed E-state index contributed by atoms with van der Waals surface area (Å²) in [5.41, 5.74) is 0.327. The van der Waals surface area contributed by atoms with E-state index in [1.807, 2.05) is 28.8 Å². The number of rotatable bonds is 7. The van der Waals surface area contributed by atoms with Gasteiger partial charge in [-0.15, -0.1) is 16.8 Å². The summed E-state index contributed by atoms with van der Waals surface area (Å²) in [6.07, 6.45) is 1.30. The quantitative estimate of drug-likeness (QED) is 0.331. The molecule has 0 amide bonds. The van der Waals surface area contributed by atoms with Crippen LogP contribution in [0, 0.1) is 5.82 Å². The van der Waals surface area contributed by atoms with Crippen molar-refractivity contribution in [2.24, 2.45) is 0 Å². The zero-order valence-corrected chi connectivity index (χ0v) is 16.3. The molecule has 0 spiro atoms. The Balaban J connectivity index is 1.51. The van der Waals surface area contributed by atoms with Gasteiger partial charge in [-0.2, -0.15) is 0 Å². The highest BCUT2D eigenvalue weighted by atomic mass is 32.2. The number of hydrogen-bond acceptors (Lipinski definition) is 6. The molecule has 29 heavy (non-hydrogen) atoms. The number of carbonyl (C=O) groups excluding carboxylic acids is 1. The molecule has 0 saturated carbocycles. The number of carbonyl (C=O) groups is 1. The van der Waals surface area contributed by atoms with E-state index in [0.717, 1.165) is 0 Å². The Morgan fingerprint density at radius 2 is 2.07 bits per heavy atom. The van der Waals surface area contributed by atoms with Crippen molar-refractivity contribution >= 4 is 17.5 Å². The van der Waals surface area contributed by atoms with Gasteiger partial charge in [0.15, 0.2) is 34.4 Å². The largest absolute Gasteiger partial charge is 0.485 e. The van der Waals surface area contributed by atoms with Crippen LogP contribution in [0.1, 0.15) is 22.3 Å². The van der Waals surface area contributed by atoms with Gasteiger partial charge in [0.2, 0.25) is 0 Å². The van der Waals surface area contributed by atoms with Gasteiger partial charge in [-0.3, -0.25) is 9.36 Å². The fraction of sp³-hybridized carbons (Fsp3) is 0.190. The summed E-state index contributed by atoms with van der Waals surface area (Å²) in [5.74, 6) is 1.42. The van der Waals surface area contributed by atoms with E-state index in [1.54, 1.807) is 12.1 Å². The van der Waals surface area contributed by atoms with Crippen molar-refractivity contribution in [2.45, 2.75) is 17.8 Å². The molecule has 0 radical (unpaired) electrons. The van der Waals surface area contributed by atoms with Crippen molar-refractivity contribution in [3.8, 4) is 11.5 Å². The second-order valence-corrected chi connectivity index (χ2v) is 7.27.